The predicted molar refractivity (Wildman–Crippen MR) is 56.8 cm³/mol. The van der Waals surface area contributed by atoms with Crippen LogP contribution in [-0.2, 0) is 14.8 Å². The fourth-order valence-corrected chi connectivity index (χ4v) is 1.37. The van der Waals surface area contributed by atoms with Crippen LogP contribution in [0.15, 0.2) is 0 Å². The molecule has 0 aromatic carbocycles. The van der Waals surface area contributed by atoms with E-state index < -0.39 is 10.0 Å². The summed E-state index contributed by atoms with van der Waals surface area (Å²) in [4.78, 5) is 0. The first-order chi connectivity index (χ1) is 6.56. The van der Waals surface area contributed by atoms with Gasteiger partial charge in [0.25, 0.3) is 0 Å². The predicted octanol–water partition coefficient (Wildman–Crippen LogP) is -0.448. The van der Waals surface area contributed by atoms with Crippen LogP contribution in [0.2, 0.25) is 0 Å². The largest absolute Gasteiger partial charge is 0.382 e. The van der Waals surface area contributed by atoms with Crippen molar-refractivity contribution in [2.24, 2.45) is 0 Å². The SMILES string of the molecule is CCOCCCNCCNS(C)(=O)=O. The van der Waals surface area contributed by atoms with Gasteiger partial charge in [-0.3, -0.25) is 0 Å². The van der Waals surface area contributed by atoms with Gasteiger partial charge in [0, 0.05) is 26.3 Å². The molecule has 2 N–H and O–H groups in total. The van der Waals surface area contributed by atoms with Crippen LogP contribution >= 0.6 is 0 Å². The quantitative estimate of drug-likeness (QED) is 0.521. The van der Waals surface area contributed by atoms with Crippen LogP contribution in [0.3, 0.4) is 0 Å². The Labute approximate surface area is 86.3 Å². The Balaban J connectivity index is 3.07. The van der Waals surface area contributed by atoms with Crippen molar-refractivity contribution in [1.82, 2.24) is 10.0 Å². The van der Waals surface area contributed by atoms with E-state index in [4.69, 9.17) is 4.74 Å². The van der Waals surface area contributed by atoms with Crippen molar-refractivity contribution in [3.05, 3.63) is 0 Å². The van der Waals surface area contributed by atoms with Gasteiger partial charge in [0.15, 0.2) is 0 Å². The van der Waals surface area contributed by atoms with Gasteiger partial charge >= 0.3 is 0 Å². The van der Waals surface area contributed by atoms with E-state index in [1.54, 1.807) is 0 Å². The van der Waals surface area contributed by atoms with Crippen molar-refractivity contribution in [2.75, 3.05) is 39.1 Å². The average molecular weight is 224 g/mol. The van der Waals surface area contributed by atoms with Crippen LogP contribution < -0.4 is 10.0 Å². The monoisotopic (exact) mass is 224 g/mol. The summed E-state index contributed by atoms with van der Waals surface area (Å²) in [6.45, 7) is 5.40. The molecule has 0 spiro atoms. The lowest BCUT2D eigenvalue weighted by molar-refractivity contribution is 0.145. The zero-order valence-corrected chi connectivity index (χ0v) is 9.69. The second-order valence-corrected chi connectivity index (χ2v) is 4.80. The maximum Gasteiger partial charge on any atom is 0.208 e. The average Bonchev–Trinajstić information content (AvgIpc) is 2.08. The second kappa shape index (κ2) is 8.16. The van der Waals surface area contributed by atoms with Gasteiger partial charge in [-0.2, -0.15) is 0 Å². The number of nitrogens with one attached hydrogen (secondary N) is 2. The molecule has 0 rings (SSSR count). The molecule has 0 unspecified atom stereocenters. The summed E-state index contributed by atoms with van der Waals surface area (Å²) in [7, 11) is -3.04. The van der Waals surface area contributed by atoms with Gasteiger partial charge in [0.05, 0.1) is 6.26 Å². The van der Waals surface area contributed by atoms with E-state index in [9.17, 15) is 8.42 Å². The van der Waals surface area contributed by atoms with Crippen LogP contribution in [0.25, 0.3) is 0 Å². The van der Waals surface area contributed by atoms with Crippen molar-refractivity contribution in [1.29, 1.82) is 0 Å². The minimum Gasteiger partial charge on any atom is -0.382 e. The third-order valence-corrected chi connectivity index (χ3v) is 2.24. The molecule has 0 bridgehead atoms. The van der Waals surface area contributed by atoms with Crippen LogP contribution in [0.1, 0.15) is 13.3 Å². The molecule has 0 amide bonds. The lowest BCUT2D eigenvalue weighted by atomic mass is 10.4. The number of ether oxygens (including phenoxy) is 1. The Kier molecular flexibility index (Phi) is 8.07. The Morgan fingerprint density at radius 1 is 1.21 bits per heavy atom. The summed E-state index contributed by atoms with van der Waals surface area (Å²) in [6.07, 6.45) is 2.11. The van der Waals surface area contributed by atoms with Crippen LogP contribution in [0.5, 0.6) is 0 Å². The van der Waals surface area contributed by atoms with Crippen LogP contribution in [-0.4, -0.2) is 47.5 Å². The lowest BCUT2D eigenvalue weighted by Gasteiger charge is -2.05. The molecule has 0 aliphatic carbocycles. The first-order valence-electron chi connectivity index (χ1n) is 4.79. The van der Waals surface area contributed by atoms with Crippen molar-refractivity contribution < 1.29 is 13.2 Å². The first kappa shape index (κ1) is 13.8. The van der Waals surface area contributed by atoms with Gasteiger partial charge in [-0.15, -0.1) is 0 Å². The summed E-state index contributed by atoms with van der Waals surface area (Å²) in [6, 6.07) is 0. The van der Waals surface area contributed by atoms with Gasteiger partial charge < -0.3 is 10.1 Å². The molecule has 86 valence electrons. The minimum atomic E-state index is -3.04. The Morgan fingerprint density at radius 2 is 1.93 bits per heavy atom. The topological polar surface area (TPSA) is 67.4 Å². The fraction of sp³-hybridized carbons (Fsp3) is 1.00. The first-order valence-corrected chi connectivity index (χ1v) is 6.68. The molecule has 14 heavy (non-hydrogen) atoms. The summed E-state index contributed by atoms with van der Waals surface area (Å²) < 4.78 is 28.8. The zero-order chi connectivity index (χ0) is 10.9. The molecule has 0 atom stereocenters. The van der Waals surface area contributed by atoms with E-state index >= 15 is 0 Å². The number of hydrogen-bond donors (Lipinski definition) is 2. The van der Waals surface area contributed by atoms with E-state index in [0.29, 0.717) is 13.1 Å². The van der Waals surface area contributed by atoms with E-state index in [1.165, 1.54) is 0 Å². The molecule has 0 saturated heterocycles. The van der Waals surface area contributed by atoms with E-state index in [-0.39, 0.29) is 0 Å². The molecule has 0 heterocycles. The molecular formula is C8H20N2O3S. The highest BCUT2D eigenvalue weighted by Crippen LogP contribution is 1.79. The number of sulfonamides is 1. The van der Waals surface area contributed by atoms with E-state index in [1.807, 2.05) is 6.92 Å². The molecule has 0 aliphatic heterocycles. The smallest absolute Gasteiger partial charge is 0.208 e. The molecule has 0 aromatic heterocycles. The Morgan fingerprint density at radius 3 is 2.50 bits per heavy atom. The number of rotatable bonds is 9. The molecule has 0 fully saturated rings. The van der Waals surface area contributed by atoms with Crippen molar-refractivity contribution >= 4 is 10.0 Å². The molecule has 6 heteroatoms. The molecule has 0 aliphatic rings. The van der Waals surface area contributed by atoms with Crippen LogP contribution in [0, 0.1) is 0 Å². The van der Waals surface area contributed by atoms with Crippen molar-refractivity contribution in [3.8, 4) is 0 Å². The Bertz CT molecular complexity index is 217. The highest BCUT2D eigenvalue weighted by molar-refractivity contribution is 7.88. The molecule has 0 radical (unpaired) electrons. The fourth-order valence-electron chi connectivity index (χ4n) is 0.893. The third-order valence-electron chi connectivity index (χ3n) is 1.51. The van der Waals surface area contributed by atoms with Gasteiger partial charge in [-0.05, 0) is 19.9 Å². The molecule has 0 aromatic rings. The summed E-state index contributed by atoms with van der Waals surface area (Å²) in [5.41, 5.74) is 0. The molecule has 5 nitrogen and oxygen atoms in total. The number of hydrogen-bond acceptors (Lipinski definition) is 4. The van der Waals surface area contributed by atoms with E-state index in [0.717, 1.165) is 32.4 Å². The molecular weight excluding hydrogens is 204 g/mol. The maximum atomic E-state index is 10.6. The van der Waals surface area contributed by atoms with Gasteiger partial charge in [0.2, 0.25) is 10.0 Å². The standard InChI is InChI=1S/C8H20N2O3S/c1-3-13-8-4-5-9-6-7-10-14(2,11)12/h9-10H,3-8H2,1-2H3. The second-order valence-electron chi connectivity index (χ2n) is 2.97. The van der Waals surface area contributed by atoms with Crippen molar-refractivity contribution in [2.45, 2.75) is 13.3 Å². The minimum absolute atomic E-state index is 0.438. The van der Waals surface area contributed by atoms with Gasteiger partial charge in [-0.25, -0.2) is 13.1 Å². The van der Waals surface area contributed by atoms with Crippen molar-refractivity contribution in [3.63, 3.8) is 0 Å². The third kappa shape index (κ3) is 11.8. The summed E-state index contributed by atoms with van der Waals surface area (Å²) in [5, 5.41) is 3.11. The normalized spacial score (nSPS) is 11.9. The van der Waals surface area contributed by atoms with Gasteiger partial charge in [0.1, 0.15) is 0 Å². The Hall–Kier alpha value is -0.170. The highest BCUT2D eigenvalue weighted by atomic mass is 32.2. The summed E-state index contributed by atoms with van der Waals surface area (Å²) >= 11 is 0. The molecule has 0 saturated carbocycles. The summed E-state index contributed by atoms with van der Waals surface area (Å²) in [5.74, 6) is 0. The maximum absolute atomic E-state index is 10.6. The zero-order valence-electron chi connectivity index (χ0n) is 8.88. The lowest BCUT2D eigenvalue weighted by Crippen LogP contribution is -2.31. The van der Waals surface area contributed by atoms with Gasteiger partial charge in [-0.1, -0.05) is 0 Å². The van der Waals surface area contributed by atoms with Crippen LogP contribution in [0.4, 0.5) is 0 Å². The highest BCUT2D eigenvalue weighted by Gasteiger charge is 1.97. The van der Waals surface area contributed by atoms with E-state index in [2.05, 4.69) is 10.0 Å².